The summed E-state index contributed by atoms with van der Waals surface area (Å²) < 4.78 is 5.47. The van der Waals surface area contributed by atoms with Crippen molar-refractivity contribution in [3.63, 3.8) is 0 Å². The number of nitrogens with two attached hydrogens (primary N) is 1. The maximum absolute atomic E-state index is 5.65. The van der Waals surface area contributed by atoms with Crippen LogP contribution in [-0.4, -0.2) is 51.3 Å². The van der Waals surface area contributed by atoms with Gasteiger partial charge in [0.25, 0.3) is 0 Å². The molecule has 19 heavy (non-hydrogen) atoms. The van der Waals surface area contributed by atoms with Crippen LogP contribution in [0.25, 0.3) is 0 Å². The Kier molecular flexibility index (Phi) is 5.05. The molecular weight excluding hydrogens is 238 g/mol. The van der Waals surface area contributed by atoms with Gasteiger partial charge in [-0.3, -0.25) is 0 Å². The number of ether oxygens (including phenoxy) is 1. The van der Waals surface area contributed by atoms with Gasteiger partial charge in [-0.2, -0.15) is 0 Å². The predicted octanol–water partition coefficient (Wildman–Crippen LogP) is 1.55. The Morgan fingerprint density at radius 2 is 2.21 bits per heavy atom. The third kappa shape index (κ3) is 3.39. The topological polar surface area (TPSA) is 41.7 Å². The summed E-state index contributed by atoms with van der Waals surface area (Å²) in [4.78, 5) is 4.81. The van der Waals surface area contributed by atoms with Crippen LogP contribution in [0.15, 0.2) is 24.3 Å². The number of benzene rings is 1. The maximum Gasteiger partial charge on any atom is 0.142 e. The molecule has 1 aromatic rings. The maximum atomic E-state index is 5.65. The van der Waals surface area contributed by atoms with Crippen molar-refractivity contribution in [2.45, 2.75) is 18.9 Å². The molecule has 1 unspecified atom stereocenters. The number of para-hydroxylation sites is 2. The molecular formula is C15H25N3O. The van der Waals surface area contributed by atoms with Gasteiger partial charge < -0.3 is 20.3 Å². The first-order valence-electron chi connectivity index (χ1n) is 7.04. The summed E-state index contributed by atoms with van der Waals surface area (Å²) in [5.74, 6) is 0.963. The minimum Gasteiger partial charge on any atom is -0.495 e. The first-order valence-corrected chi connectivity index (χ1v) is 7.04. The average Bonchev–Trinajstić information content (AvgIpc) is 2.47. The van der Waals surface area contributed by atoms with Crippen molar-refractivity contribution in [1.82, 2.24) is 4.90 Å². The van der Waals surface area contributed by atoms with Gasteiger partial charge in [-0.15, -0.1) is 0 Å². The molecule has 0 bridgehead atoms. The molecule has 106 valence electrons. The molecule has 0 aromatic heterocycles. The zero-order valence-electron chi connectivity index (χ0n) is 12.0. The van der Waals surface area contributed by atoms with Crippen molar-refractivity contribution in [2.75, 3.05) is 45.2 Å². The van der Waals surface area contributed by atoms with Gasteiger partial charge >= 0.3 is 0 Å². The van der Waals surface area contributed by atoms with Crippen LogP contribution in [0.4, 0.5) is 5.69 Å². The summed E-state index contributed by atoms with van der Waals surface area (Å²) in [5, 5.41) is 0. The summed E-state index contributed by atoms with van der Waals surface area (Å²) in [7, 11) is 3.91. The second kappa shape index (κ2) is 6.78. The van der Waals surface area contributed by atoms with E-state index in [1.54, 1.807) is 7.11 Å². The fourth-order valence-electron chi connectivity index (χ4n) is 2.81. The molecule has 1 aliphatic heterocycles. The van der Waals surface area contributed by atoms with Gasteiger partial charge in [0.1, 0.15) is 5.75 Å². The number of piperidine rings is 1. The SMILES string of the molecule is COc1ccccc1N1CCCC(N(C)CCN)C1. The van der Waals surface area contributed by atoms with Crippen LogP contribution in [0.3, 0.4) is 0 Å². The van der Waals surface area contributed by atoms with Crippen LogP contribution in [0.2, 0.25) is 0 Å². The third-order valence-electron chi connectivity index (χ3n) is 3.93. The first-order chi connectivity index (χ1) is 9.26. The van der Waals surface area contributed by atoms with Crippen molar-refractivity contribution in [1.29, 1.82) is 0 Å². The van der Waals surface area contributed by atoms with Crippen LogP contribution in [0, 0.1) is 0 Å². The highest BCUT2D eigenvalue weighted by atomic mass is 16.5. The smallest absolute Gasteiger partial charge is 0.142 e. The van der Waals surface area contributed by atoms with Crippen molar-refractivity contribution < 1.29 is 4.74 Å². The second-order valence-electron chi connectivity index (χ2n) is 5.18. The second-order valence-corrected chi connectivity index (χ2v) is 5.18. The van der Waals surface area contributed by atoms with Gasteiger partial charge in [0.2, 0.25) is 0 Å². The molecule has 1 aliphatic rings. The van der Waals surface area contributed by atoms with Crippen LogP contribution in [0.5, 0.6) is 5.75 Å². The lowest BCUT2D eigenvalue weighted by atomic mass is 10.0. The van der Waals surface area contributed by atoms with E-state index in [1.807, 2.05) is 12.1 Å². The van der Waals surface area contributed by atoms with Crippen molar-refractivity contribution in [3.8, 4) is 5.75 Å². The number of rotatable bonds is 5. The Labute approximate surface area is 116 Å². The van der Waals surface area contributed by atoms with E-state index in [1.165, 1.54) is 18.5 Å². The molecule has 0 spiro atoms. The largest absolute Gasteiger partial charge is 0.495 e. The number of likely N-dealkylation sites (N-methyl/N-ethyl adjacent to an activating group) is 1. The highest BCUT2D eigenvalue weighted by molar-refractivity contribution is 5.58. The molecule has 1 atom stereocenters. The van der Waals surface area contributed by atoms with E-state index in [4.69, 9.17) is 10.5 Å². The summed E-state index contributed by atoms with van der Waals surface area (Å²) in [6.45, 7) is 3.84. The third-order valence-corrected chi connectivity index (χ3v) is 3.93. The highest BCUT2D eigenvalue weighted by Crippen LogP contribution is 2.30. The fourth-order valence-corrected chi connectivity index (χ4v) is 2.81. The van der Waals surface area contributed by atoms with Gasteiger partial charge in [0.05, 0.1) is 12.8 Å². The van der Waals surface area contributed by atoms with Crippen LogP contribution in [-0.2, 0) is 0 Å². The lowest BCUT2D eigenvalue weighted by molar-refractivity contribution is 0.220. The molecule has 0 saturated carbocycles. The zero-order chi connectivity index (χ0) is 13.7. The molecule has 1 saturated heterocycles. The average molecular weight is 263 g/mol. The Bertz CT molecular complexity index is 397. The van der Waals surface area contributed by atoms with Crippen molar-refractivity contribution in [2.24, 2.45) is 5.73 Å². The van der Waals surface area contributed by atoms with Crippen LogP contribution in [0.1, 0.15) is 12.8 Å². The molecule has 1 fully saturated rings. The number of nitrogens with zero attached hydrogens (tertiary/aromatic N) is 2. The summed E-state index contributed by atoms with van der Waals surface area (Å²) >= 11 is 0. The van der Waals surface area contributed by atoms with Crippen LogP contribution >= 0.6 is 0 Å². The highest BCUT2D eigenvalue weighted by Gasteiger charge is 2.24. The Hall–Kier alpha value is -1.26. The van der Waals surface area contributed by atoms with Gasteiger partial charge in [0, 0.05) is 32.2 Å². The van der Waals surface area contributed by atoms with Gasteiger partial charge in [0.15, 0.2) is 0 Å². The molecule has 1 heterocycles. The molecule has 4 nitrogen and oxygen atoms in total. The van der Waals surface area contributed by atoms with E-state index < -0.39 is 0 Å². The van der Waals surface area contributed by atoms with Crippen molar-refractivity contribution >= 4 is 5.69 Å². The molecule has 2 N–H and O–H groups in total. The number of methoxy groups -OCH3 is 1. The lowest BCUT2D eigenvalue weighted by Gasteiger charge is -2.39. The number of anilines is 1. The normalized spacial score (nSPS) is 19.8. The van der Waals surface area contributed by atoms with Gasteiger partial charge in [-0.1, -0.05) is 12.1 Å². The molecule has 2 rings (SSSR count). The summed E-state index contributed by atoms with van der Waals surface area (Å²) in [5.41, 5.74) is 6.86. The molecule has 4 heteroatoms. The molecule has 0 aliphatic carbocycles. The van der Waals surface area contributed by atoms with Gasteiger partial charge in [-0.05, 0) is 32.0 Å². The van der Waals surface area contributed by atoms with E-state index >= 15 is 0 Å². The van der Waals surface area contributed by atoms with Gasteiger partial charge in [-0.25, -0.2) is 0 Å². The summed E-state index contributed by atoms with van der Waals surface area (Å²) in [6.07, 6.45) is 2.47. The molecule has 1 aromatic carbocycles. The van der Waals surface area contributed by atoms with E-state index in [9.17, 15) is 0 Å². The Morgan fingerprint density at radius 3 is 2.95 bits per heavy atom. The Morgan fingerprint density at radius 1 is 1.42 bits per heavy atom. The van der Waals surface area contributed by atoms with E-state index in [-0.39, 0.29) is 0 Å². The summed E-state index contributed by atoms with van der Waals surface area (Å²) in [6, 6.07) is 8.85. The van der Waals surface area contributed by atoms with E-state index in [2.05, 4.69) is 29.0 Å². The van der Waals surface area contributed by atoms with E-state index in [0.717, 1.165) is 31.9 Å². The Balaban J connectivity index is 2.08. The van der Waals surface area contributed by atoms with E-state index in [0.29, 0.717) is 6.04 Å². The monoisotopic (exact) mass is 263 g/mol. The zero-order valence-corrected chi connectivity index (χ0v) is 12.0. The standard InChI is InChI=1S/C15H25N3O/c1-17(11-9-16)13-6-5-10-18(12-13)14-7-3-4-8-15(14)19-2/h3-4,7-8,13H,5-6,9-12,16H2,1-2H3. The predicted molar refractivity (Wildman–Crippen MR) is 79.9 cm³/mol. The minimum absolute atomic E-state index is 0.585. The molecule has 0 radical (unpaired) electrons. The quantitative estimate of drug-likeness (QED) is 0.875. The number of hydrogen-bond donors (Lipinski definition) is 1. The number of hydrogen-bond acceptors (Lipinski definition) is 4. The molecule has 0 amide bonds. The lowest BCUT2D eigenvalue weighted by Crippen LogP contribution is -2.47. The first kappa shape index (κ1) is 14.2. The van der Waals surface area contributed by atoms with Crippen LogP contribution < -0.4 is 15.4 Å². The fraction of sp³-hybridized carbons (Fsp3) is 0.600. The minimum atomic E-state index is 0.585. The van der Waals surface area contributed by atoms with Crippen molar-refractivity contribution in [3.05, 3.63) is 24.3 Å².